The molecule has 224 valence electrons. The van der Waals surface area contributed by atoms with E-state index in [0.29, 0.717) is 38.0 Å². The van der Waals surface area contributed by atoms with Gasteiger partial charge in [0.1, 0.15) is 0 Å². The summed E-state index contributed by atoms with van der Waals surface area (Å²) in [5, 5.41) is 7.03. The Bertz CT molecular complexity index is 1620. The van der Waals surface area contributed by atoms with E-state index in [9.17, 15) is 22.8 Å². The fourth-order valence-electron chi connectivity index (χ4n) is 4.56. The van der Waals surface area contributed by atoms with E-state index in [1.807, 2.05) is 31.2 Å². The van der Waals surface area contributed by atoms with Gasteiger partial charge in [-0.05, 0) is 90.2 Å². The number of hydrogen-bond acceptors (Lipinski definition) is 4. The second kappa shape index (κ2) is 14.0. The third-order valence-electron chi connectivity index (χ3n) is 6.75. The fraction of sp³-hybridized carbons (Fsp3) is 0.212. The molecule has 4 aromatic rings. The standard InChI is InChI=1S/C33H29Cl2F3N2O3/c1-3-43-31(41)14-15-39-32(42)22-6-4-21(5-7-22)29-17-24(33(36,37)38)9-8-23(29)19-40-26-11-13-28(30(35)18-26)27-12-10-25(34)16-20(27)2/h4-13,16-18,40H,3,14-15,19H2,1-2H3,(H,39,42). The normalized spacial score (nSPS) is 11.2. The first-order chi connectivity index (χ1) is 20.5. The maximum atomic E-state index is 13.6. The van der Waals surface area contributed by atoms with Crippen molar-refractivity contribution in [2.45, 2.75) is 33.0 Å². The molecule has 0 aliphatic carbocycles. The first-order valence-electron chi connectivity index (χ1n) is 13.5. The summed E-state index contributed by atoms with van der Waals surface area (Å²) in [6, 6.07) is 20.9. The van der Waals surface area contributed by atoms with Crippen LogP contribution in [0.15, 0.2) is 78.9 Å². The smallest absolute Gasteiger partial charge is 0.416 e. The first kappa shape index (κ1) is 31.9. The largest absolute Gasteiger partial charge is 0.466 e. The molecule has 2 N–H and O–H groups in total. The average Bonchev–Trinajstić information content (AvgIpc) is 2.96. The maximum absolute atomic E-state index is 13.6. The van der Waals surface area contributed by atoms with E-state index in [-0.39, 0.29) is 26.1 Å². The van der Waals surface area contributed by atoms with Crippen LogP contribution >= 0.6 is 23.2 Å². The lowest BCUT2D eigenvalue weighted by atomic mass is 9.96. The molecule has 0 unspecified atom stereocenters. The van der Waals surface area contributed by atoms with E-state index in [1.54, 1.807) is 31.2 Å². The zero-order valence-corrected chi connectivity index (χ0v) is 25.0. The highest BCUT2D eigenvalue weighted by Crippen LogP contribution is 2.36. The molecular weight excluding hydrogens is 600 g/mol. The Labute approximate surface area is 258 Å². The molecule has 0 bridgehead atoms. The Morgan fingerprint density at radius 2 is 1.58 bits per heavy atom. The highest BCUT2D eigenvalue weighted by atomic mass is 35.5. The number of carbonyl (C=O) groups is 2. The second-order valence-corrected chi connectivity index (χ2v) is 10.6. The predicted molar refractivity (Wildman–Crippen MR) is 164 cm³/mol. The van der Waals surface area contributed by atoms with Crippen LogP contribution in [0.2, 0.25) is 10.0 Å². The summed E-state index contributed by atoms with van der Waals surface area (Å²) in [6.45, 7) is 4.22. The second-order valence-electron chi connectivity index (χ2n) is 9.77. The topological polar surface area (TPSA) is 67.4 Å². The number of aryl methyl sites for hydroxylation is 1. The molecule has 0 aliphatic rings. The van der Waals surface area contributed by atoms with E-state index in [0.717, 1.165) is 28.8 Å². The van der Waals surface area contributed by atoms with Gasteiger partial charge in [-0.25, -0.2) is 0 Å². The third-order valence-corrected chi connectivity index (χ3v) is 7.29. The average molecular weight is 630 g/mol. The number of halogens is 5. The molecule has 4 rings (SSSR count). The van der Waals surface area contributed by atoms with Gasteiger partial charge < -0.3 is 15.4 Å². The predicted octanol–water partition coefficient (Wildman–Crippen LogP) is 8.95. The van der Waals surface area contributed by atoms with Gasteiger partial charge in [0, 0.05) is 34.9 Å². The van der Waals surface area contributed by atoms with Crippen molar-refractivity contribution in [1.29, 1.82) is 0 Å². The minimum atomic E-state index is -4.53. The van der Waals surface area contributed by atoms with E-state index >= 15 is 0 Å². The van der Waals surface area contributed by atoms with Gasteiger partial charge >= 0.3 is 12.1 Å². The van der Waals surface area contributed by atoms with Crippen LogP contribution in [0.4, 0.5) is 18.9 Å². The molecule has 0 saturated carbocycles. The van der Waals surface area contributed by atoms with Crippen molar-refractivity contribution in [2.24, 2.45) is 0 Å². The Morgan fingerprint density at radius 3 is 2.23 bits per heavy atom. The molecular formula is C33H29Cl2F3N2O3. The molecule has 0 heterocycles. The zero-order valence-electron chi connectivity index (χ0n) is 23.4. The SMILES string of the molecule is CCOC(=O)CCNC(=O)c1ccc(-c2cc(C(F)(F)F)ccc2CNc2ccc(-c3ccc(Cl)cc3C)c(Cl)c2)cc1. The fourth-order valence-corrected chi connectivity index (χ4v) is 5.07. The summed E-state index contributed by atoms with van der Waals surface area (Å²) in [5.41, 5.74) is 4.49. The zero-order chi connectivity index (χ0) is 31.1. The van der Waals surface area contributed by atoms with Gasteiger partial charge in [0.25, 0.3) is 5.91 Å². The highest BCUT2D eigenvalue weighted by molar-refractivity contribution is 6.34. The molecule has 4 aromatic carbocycles. The Morgan fingerprint density at radius 1 is 0.860 bits per heavy atom. The Hall–Kier alpha value is -4.01. The maximum Gasteiger partial charge on any atom is 0.416 e. The van der Waals surface area contributed by atoms with Gasteiger partial charge in [-0.1, -0.05) is 53.5 Å². The van der Waals surface area contributed by atoms with Crippen molar-refractivity contribution in [3.05, 3.63) is 111 Å². The number of hydrogen-bond donors (Lipinski definition) is 2. The molecule has 5 nitrogen and oxygen atoms in total. The number of alkyl halides is 3. The molecule has 1 amide bonds. The summed E-state index contributed by atoms with van der Waals surface area (Å²) in [6.07, 6.45) is -4.49. The van der Waals surface area contributed by atoms with Crippen LogP contribution in [0.5, 0.6) is 0 Å². The molecule has 0 atom stereocenters. The number of esters is 1. The molecule has 0 radical (unpaired) electrons. The first-order valence-corrected chi connectivity index (χ1v) is 14.3. The van der Waals surface area contributed by atoms with Crippen molar-refractivity contribution in [3.8, 4) is 22.3 Å². The van der Waals surface area contributed by atoms with Gasteiger partial charge in [-0.3, -0.25) is 9.59 Å². The summed E-state index contributed by atoms with van der Waals surface area (Å²) in [5.74, 6) is -0.824. The van der Waals surface area contributed by atoms with Crippen LogP contribution in [0.25, 0.3) is 22.3 Å². The Balaban J connectivity index is 1.53. The number of nitrogens with one attached hydrogen (secondary N) is 2. The van der Waals surface area contributed by atoms with E-state index in [1.165, 1.54) is 18.2 Å². The van der Waals surface area contributed by atoms with E-state index in [4.69, 9.17) is 27.9 Å². The van der Waals surface area contributed by atoms with Gasteiger partial charge in [0.2, 0.25) is 0 Å². The van der Waals surface area contributed by atoms with Crippen molar-refractivity contribution >= 4 is 40.8 Å². The van der Waals surface area contributed by atoms with Crippen molar-refractivity contribution in [3.63, 3.8) is 0 Å². The summed E-state index contributed by atoms with van der Waals surface area (Å²) in [7, 11) is 0. The molecule has 0 fully saturated rings. The highest BCUT2D eigenvalue weighted by Gasteiger charge is 2.31. The Kier molecular flexibility index (Phi) is 10.4. The molecule has 10 heteroatoms. The number of anilines is 1. The van der Waals surface area contributed by atoms with Crippen molar-refractivity contribution < 1.29 is 27.5 Å². The summed E-state index contributed by atoms with van der Waals surface area (Å²) < 4.78 is 45.7. The summed E-state index contributed by atoms with van der Waals surface area (Å²) in [4.78, 5) is 24.0. The number of carbonyl (C=O) groups excluding carboxylic acids is 2. The molecule has 0 spiro atoms. The van der Waals surface area contributed by atoms with Crippen LogP contribution in [-0.2, 0) is 22.3 Å². The van der Waals surface area contributed by atoms with Gasteiger partial charge in [-0.2, -0.15) is 13.2 Å². The number of amides is 1. The van der Waals surface area contributed by atoms with Gasteiger partial charge in [0.05, 0.1) is 23.6 Å². The van der Waals surface area contributed by atoms with Crippen LogP contribution in [0.3, 0.4) is 0 Å². The molecule has 43 heavy (non-hydrogen) atoms. The van der Waals surface area contributed by atoms with Gasteiger partial charge in [0.15, 0.2) is 0 Å². The van der Waals surface area contributed by atoms with Crippen LogP contribution in [0, 0.1) is 6.92 Å². The lowest BCUT2D eigenvalue weighted by molar-refractivity contribution is -0.143. The monoisotopic (exact) mass is 628 g/mol. The summed E-state index contributed by atoms with van der Waals surface area (Å²) >= 11 is 12.7. The number of ether oxygens (including phenoxy) is 1. The van der Waals surface area contributed by atoms with Crippen molar-refractivity contribution in [1.82, 2.24) is 5.32 Å². The van der Waals surface area contributed by atoms with Crippen molar-refractivity contribution in [2.75, 3.05) is 18.5 Å². The lowest BCUT2D eigenvalue weighted by Crippen LogP contribution is -2.26. The number of benzene rings is 4. The molecule has 0 aliphatic heterocycles. The lowest BCUT2D eigenvalue weighted by Gasteiger charge is -2.16. The molecule has 0 aromatic heterocycles. The number of rotatable bonds is 10. The van der Waals surface area contributed by atoms with Gasteiger partial charge in [-0.15, -0.1) is 0 Å². The van der Waals surface area contributed by atoms with E-state index in [2.05, 4.69) is 10.6 Å². The third kappa shape index (κ3) is 8.30. The van der Waals surface area contributed by atoms with Crippen LogP contribution in [0.1, 0.15) is 40.4 Å². The minimum Gasteiger partial charge on any atom is -0.466 e. The molecule has 0 saturated heterocycles. The van der Waals surface area contributed by atoms with E-state index < -0.39 is 23.6 Å². The van der Waals surface area contributed by atoms with Crippen LogP contribution in [-0.4, -0.2) is 25.0 Å². The minimum absolute atomic E-state index is 0.0347. The quantitative estimate of drug-likeness (QED) is 0.172. The van der Waals surface area contributed by atoms with Crippen LogP contribution < -0.4 is 10.6 Å².